The third kappa shape index (κ3) is 4.86. The summed E-state index contributed by atoms with van der Waals surface area (Å²) in [4.78, 5) is 24.0. The molecule has 4 N–H and O–H groups in total. The molecule has 0 aromatic heterocycles. The largest absolute Gasteiger partial charge is 0.355 e. The lowest BCUT2D eigenvalue weighted by molar-refractivity contribution is 0.0898. The van der Waals surface area contributed by atoms with E-state index in [-0.39, 0.29) is 11.8 Å². The molecule has 0 aliphatic carbocycles. The number of amides is 2. The molecule has 0 fully saturated rings. The number of hydrogen-bond acceptors (Lipinski definition) is 3. The Morgan fingerprint density at radius 2 is 1.81 bits per heavy atom. The van der Waals surface area contributed by atoms with Gasteiger partial charge in [-0.15, -0.1) is 0 Å². The maximum Gasteiger partial charge on any atom is 0.251 e. The van der Waals surface area contributed by atoms with Crippen LogP contribution in [0.4, 0.5) is 0 Å². The first-order valence-corrected chi connectivity index (χ1v) is 7.16. The summed E-state index contributed by atoms with van der Waals surface area (Å²) >= 11 is 0. The average molecular weight is 291 g/mol. The van der Waals surface area contributed by atoms with Crippen molar-refractivity contribution in [1.29, 1.82) is 0 Å². The van der Waals surface area contributed by atoms with Crippen molar-refractivity contribution in [3.8, 4) is 0 Å². The van der Waals surface area contributed by atoms with Crippen LogP contribution in [0.3, 0.4) is 0 Å². The van der Waals surface area contributed by atoms with Crippen LogP contribution in [0, 0.1) is 5.92 Å². The summed E-state index contributed by atoms with van der Waals surface area (Å²) in [7, 11) is 1.56. The number of hydrogen-bond donors (Lipinski definition) is 3. The fraction of sp³-hybridized carbons (Fsp3) is 0.500. The van der Waals surface area contributed by atoms with Gasteiger partial charge in [-0.1, -0.05) is 19.9 Å². The molecule has 21 heavy (non-hydrogen) atoms. The summed E-state index contributed by atoms with van der Waals surface area (Å²) in [6.07, 6.45) is 0.796. The van der Waals surface area contributed by atoms with Crippen molar-refractivity contribution in [2.75, 3.05) is 13.6 Å². The van der Waals surface area contributed by atoms with Crippen molar-refractivity contribution in [2.45, 2.75) is 32.7 Å². The quantitative estimate of drug-likeness (QED) is 0.743. The second-order valence-corrected chi connectivity index (χ2v) is 5.98. The Balaban J connectivity index is 2.91. The first-order chi connectivity index (χ1) is 9.81. The molecule has 1 aromatic carbocycles. The van der Waals surface area contributed by atoms with E-state index >= 15 is 0 Å². The molecular formula is C16H25N3O2. The van der Waals surface area contributed by atoms with E-state index in [1.807, 2.05) is 6.92 Å². The summed E-state index contributed by atoms with van der Waals surface area (Å²) < 4.78 is 0. The molecule has 0 radical (unpaired) electrons. The van der Waals surface area contributed by atoms with Gasteiger partial charge in [-0.3, -0.25) is 9.59 Å². The van der Waals surface area contributed by atoms with Gasteiger partial charge in [0.2, 0.25) is 0 Å². The summed E-state index contributed by atoms with van der Waals surface area (Å²) in [5, 5.41) is 5.52. The lowest BCUT2D eigenvalue weighted by Gasteiger charge is -2.31. The maximum atomic E-state index is 12.4. The van der Waals surface area contributed by atoms with Crippen molar-refractivity contribution in [3.63, 3.8) is 0 Å². The van der Waals surface area contributed by atoms with Crippen molar-refractivity contribution in [2.24, 2.45) is 11.7 Å². The molecule has 0 saturated carbocycles. The first kappa shape index (κ1) is 17.2. The first-order valence-electron chi connectivity index (χ1n) is 7.16. The van der Waals surface area contributed by atoms with Crippen LogP contribution in [0.2, 0.25) is 0 Å². The minimum Gasteiger partial charge on any atom is -0.355 e. The zero-order chi connectivity index (χ0) is 16.0. The predicted octanol–water partition coefficient (Wildman–Crippen LogP) is 1.54. The number of carbonyl (C=O) groups excluding carboxylic acids is 2. The molecule has 1 rings (SSSR count). The van der Waals surface area contributed by atoms with Crippen LogP contribution in [-0.2, 0) is 0 Å². The average Bonchev–Trinajstić information content (AvgIpc) is 2.45. The van der Waals surface area contributed by atoms with Gasteiger partial charge in [-0.2, -0.15) is 0 Å². The van der Waals surface area contributed by atoms with Crippen LogP contribution < -0.4 is 16.4 Å². The highest BCUT2D eigenvalue weighted by molar-refractivity contribution is 5.99. The molecule has 1 atom stereocenters. The van der Waals surface area contributed by atoms with Crippen LogP contribution in [0.5, 0.6) is 0 Å². The van der Waals surface area contributed by atoms with Crippen LogP contribution >= 0.6 is 0 Å². The topological polar surface area (TPSA) is 84.2 Å². The minimum absolute atomic E-state index is 0.214. The molecule has 1 aromatic rings. The number of benzene rings is 1. The van der Waals surface area contributed by atoms with Crippen LogP contribution in [0.15, 0.2) is 24.3 Å². The molecule has 5 heteroatoms. The molecule has 0 aliphatic rings. The fourth-order valence-electron chi connectivity index (χ4n) is 2.38. The number of carbonyl (C=O) groups is 2. The molecule has 1 unspecified atom stereocenters. The normalized spacial score (nSPS) is 13.6. The van der Waals surface area contributed by atoms with Gasteiger partial charge >= 0.3 is 0 Å². The van der Waals surface area contributed by atoms with Gasteiger partial charge in [-0.25, -0.2) is 0 Å². The van der Waals surface area contributed by atoms with E-state index in [9.17, 15) is 9.59 Å². The van der Waals surface area contributed by atoms with E-state index in [2.05, 4.69) is 24.5 Å². The Bertz CT molecular complexity index is 514. The molecule has 0 heterocycles. The molecule has 0 bridgehead atoms. The van der Waals surface area contributed by atoms with Gasteiger partial charge in [0.25, 0.3) is 11.8 Å². The van der Waals surface area contributed by atoms with Gasteiger partial charge < -0.3 is 16.4 Å². The van der Waals surface area contributed by atoms with E-state index in [0.29, 0.717) is 23.6 Å². The molecule has 5 nitrogen and oxygen atoms in total. The summed E-state index contributed by atoms with van der Waals surface area (Å²) in [6.45, 7) is 6.48. The van der Waals surface area contributed by atoms with E-state index in [1.54, 1.807) is 31.3 Å². The Hall–Kier alpha value is -1.88. The Kier molecular flexibility index (Phi) is 5.90. The second kappa shape index (κ2) is 7.22. The van der Waals surface area contributed by atoms with Crippen LogP contribution in [0.1, 0.15) is 47.9 Å². The Labute approximate surface area is 126 Å². The monoisotopic (exact) mass is 291 g/mol. The lowest BCUT2D eigenvalue weighted by atomic mass is 9.90. The molecular weight excluding hydrogens is 266 g/mol. The van der Waals surface area contributed by atoms with Gasteiger partial charge in [0, 0.05) is 30.3 Å². The Morgan fingerprint density at radius 3 is 2.29 bits per heavy atom. The number of nitrogens with two attached hydrogens (primary N) is 1. The predicted molar refractivity (Wildman–Crippen MR) is 84.2 cm³/mol. The smallest absolute Gasteiger partial charge is 0.251 e. The number of nitrogens with one attached hydrogen (secondary N) is 2. The Morgan fingerprint density at radius 1 is 1.24 bits per heavy atom. The standard InChI is InChI=1S/C16H25N3O2/c1-11(2)9-16(3,10-17)19-15(21)13-7-5-6-12(8-13)14(20)18-4/h5-8,11H,9-10,17H2,1-4H3,(H,18,20)(H,19,21). The highest BCUT2D eigenvalue weighted by Gasteiger charge is 2.26. The lowest BCUT2D eigenvalue weighted by Crippen LogP contribution is -2.52. The summed E-state index contributed by atoms with van der Waals surface area (Å²) in [6, 6.07) is 6.64. The molecule has 116 valence electrons. The number of rotatable bonds is 6. The highest BCUT2D eigenvalue weighted by Crippen LogP contribution is 2.16. The van der Waals surface area contributed by atoms with Gasteiger partial charge in [0.15, 0.2) is 0 Å². The molecule has 2 amide bonds. The zero-order valence-corrected chi connectivity index (χ0v) is 13.2. The SMILES string of the molecule is CNC(=O)c1cccc(C(=O)NC(C)(CN)CC(C)C)c1. The third-order valence-corrected chi connectivity index (χ3v) is 3.34. The third-order valence-electron chi connectivity index (χ3n) is 3.34. The van der Waals surface area contributed by atoms with Crippen LogP contribution in [0.25, 0.3) is 0 Å². The molecule has 0 spiro atoms. The van der Waals surface area contributed by atoms with E-state index in [0.717, 1.165) is 6.42 Å². The molecule has 0 aliphatic heterocycles. The van der Waals surface area contributed by atoms with Crippen molar-refractivity contribution in [3.05, 3.63) is 35.4 Å². The summed E-state index contributed by atoms with van der Waals surface area (Å²) in [5.74, 6) is -0.00109. The summed E-state index contributed by atoms with van der Waals surface area (Å²) in [5.41, 5.74) is 6.27. The minimum atomic E-state index is -0.450. The van der Waals surface area contributed by atoms with Crippen molar-refractivity contribution in [1.82, 2.24) is 10.6 Å². The van der Waals surface area contributed by atoms with Gasteiger partial charge in [0.1, 0.15) is 0 Å². The van der Waals surface area contributed by atoms with E-state index < -0.39 is 5.54 Å². The van der Waals surface area contributed by atoms with Crippen molar-refractivity contribution >= 4 is 11.8 Å². The van der Waals surface area contributed by atoms with Gasteiger partial charge in [0.05, 0.1) is 0 Å². The van der Waals surface area contributed by atoms with Crippen molar-refractivity contribution < 1.29 is 9.59 Å². The van der Waals surface area contributed by atoms with E-state index in [4.69, 9.17) is 5.73 Å². The van der Waals surface area contributed by atoms with Gasteiger partial charge in [-0.05, 0) is 37.5 Å². The van der Waals surface area contributed by atoms with E-state index in [1.165, 1.54) is 0 Å². The molecule has 0 saturated heterocycles. The zero-order valence-electron chi connectivity index (χ0n) is 13.2. The van der Waals surface area contributed by atoms with Crippen LogP contribution in [-0.4, -0.2) is 30.9 Å². The highest BCUT2D eigenvalue weighted by atomic mass is 16.2. The fourth-order valence-corrected chi connectivity index (χ4v) is 2.38. The maximum absolute atomic E-state index is 12.4. The second-order valence-electron chi connectivity index (χ2n) is 5.98.